The standard InChI is InChI=1S/C25H40O/c1-7-20-19(16(2)3)9-11-23(20,5)15-18-14-22(26)24(6)12-10-21-17(4)8-13-25(18,21)24/h7,16-21H,1,8-15H2,2-6H3/t17-,18?,19+,20?,21+,23-,24+,25+/m1/s1. The van der Waals surface area contributed by atoms with Crippen LogP contribution in [-0.2, 0) is 4.79 Å². The second kappa shape index (κ2) is 5.95. The first-order valence-corrected chi connectivity index (χ1v) is 11.4. The summed E-state index contributed by atoms with van der Waals surface area (Å²) >= 11 is 0. The minimum atomic E-state index is -0.0107. The fraction of sp³-hybridized carbons (Fsp3) is 0.880. The van der Waals surface area contributed by atoms with Crippen molar-refractivity contribution in [1.82, 2.24) is 0 Å². The fourth-order valence-electron chi connectivity index (χ4n) is 8.87. The number of carbonyl (C=O) groups is 1. The lowest BCUT2D eigenvalue weighted by atomic mass is 9.58. The third kappa shape index (κ3) is 2.18. The van der Waals surface area contributed by atoms with Crippen molar-refractivity contribution in [3.63, 3.8) is 0 Å². The Labute approximate surface area is 161 Å². The van der Waals surface area contributed by atoms with Gasteiger partial charge in [-0.1, -0.05) is 40.7 Å². The van der Waals surface area contributed by atoms with Crippen LogP contribution in [0.3, 0.4) is 0 Å². The van der Waals surface area contributed by atoms with Crippen LogP contribution in [-0.4, -0.2) is 5.78 Å². The van der Waals surface area contributed by atoms with Crippen LogP contribution in [0.4, 0.5) is 0 Å². The number of hydrogen-bond acceptors (Lipinski definition) is 1. The molecule has 0 radical (unpaired) electrons. The normalized spacial score (nSPS) is 53.3. The predicted molar refractivity (Wildman–Crippen MR) is 109 cm³/mol. The molecule has 26 heavy (non-hydrogen) atoms. The zero-order valence-corrected chi connectivity index (χ0v) is 17.8. The largest absolute Gasteiger partial charge is 0.299 e. The van der Waals surface area contributed by atoms with Gasteiger partial charge in [-0.05, 0) is 91.3 Å². The number of allylic oxidation sites excluding steroid dienone is 1. The highest BCUT2D eigenvalue weighted by molar-refractivity contribution is 5.89. The van der Waals surface area contributed by atoms with Crippen molar-refractivity contribution in [2.24, 2.45) is 51.8 Å². The Morgan fingerprint density at radius 3 is 2.54 bits per heavy atom. The maximum atomic E-state index is 13.2. The molecule has 0 aromatic carbocycles. The summed E-state index contributed by atoms with van der Waals surface area (Å²) < 4.78 is 0. The number of hydrogen-bond donors (Lipinski definition) is 0. The molecular formula is C25H40O. The van der Waals surface area contributed by atoms with Gasteiger partial charge in [0.15, 0.2) is 0 Å². The van der Waals surface area contributed by atoms with Gasteiger partial charge in [0.25, 0.3) is 0 Å². The molecule has 8 atom stereocenters. The van der Waals surface area contributed by atoms with Gasteiger partial charge < -0.3 is 0 Å². The summed E-state index contributed by atoms with van der Waals surface area (Å²) in [5.41, 5.74) is 0.665. The molecule has 0 saturated heterocycles. The lowest BCUT2D eigenvalue weighted by Crippen LogP contribution is -2.42. The monoisotopic (exact) mass is 356 g/mol. The average Bonchev–Trinajstić information content (AvgIpc) is 3.23. The van der Waals surface area contributed by atoms with Crippen molar-refractivity contribution in [1.29, 1.82) is 0 Å². The van der Waals surface area contributed by atoms with Crippen LogP contribution in [0.25, 0.3) is 0 Å². The zero-order chi connectivity index (χ0) is 18.9. The van der Waals surface area contributed by atoms with E-state index >= 15 is 0 Å². The van der Waals surface area contributed by atoms with Gasteiger partial charge >= 0.3 is 0 Å². The summed E-state index contributed by atoms with van der Waals surface area (Å²) in [5.74, 6) is 4.99. The summed E-state index contributed by atoms with van der Waals surface area (Å²) in [6.45, 7) is 16.4. The maximum absolute atomic E-state index is 13.2. The Kier molecular flexibility index (Phi) is 4.29. The van der Waals surface area contributed by atoms with Gasteiger partial charge in [-0.3, -0.25) is 4.79 Å². The van der Waals surface area contributed by atoms with Crippen LogP contribution in [0.5, 0.6) is 0 Å². The van der Waals surface area contributed by atoms with E-state index in [0.717, 1.165) is 36.5 Å². The van der Waals surface area contributed by atoms with Gasteiger partial charge in [-0.25, -0.2) is 0 Å². The van der Waals surface area contributed by atoms with Crippen molar-refractivity contribution >= 4 is 5.78 Å². The SMILES string of the molecule is C=CC1[C@H](C(C)C)CC[C@]1(C)CC1CC(=O)[C@]2(C)CC[C@H]3[C@H](C)CC[C@]132. The van der Waals surface area contributed by atoms with Crippen molar-refractivity contribution in [3.05, 3.63) is 12.7 Å². The highest BCUT2D eigenvalue weighted by Gasteiger charge is 2.71. The van der Waals surface area contributed by atoms with Crippen LogP contribution in [0.15, 0.2) is 12.7 Å². The van der Waals surface area contributed by atoms with E-state index < -0.39 is 0 Å². The molecule has 2 unspecified atom stereocenters. The summed E-state index contributed by atoms with van der Waals surface area (Å²) in [6, 6.07) is 0. The van der Waals surface area contributed by atoms with Crippen molar-refractivity contribution in [2.75, 3.05) is 0 Å². The van der Waals surface area contributed by atoms with Gasteiger partial charge in [0.2, 0.25) is 0 Å². The van der Waals surface area contributed by atoms with Crippen LogP contribution in [0.2, 0.25) is 0 Å². The molecule has 4 fully saturated rings. The predicted octanol–water partition coefficient (Wildman–Crippen LogP) is 6.67. The minimum absolute atomic E-state index is 0.0107. The van der Waals surface area contributed by atoms with Gasteiger partial charge in [0, 0.05) is 11.8 Å². The number of carbonyl (C=O) groups excluding carboxylic acids is 1. The van der Waals surface area contributed by atoms with E-state index in [9.17, 15) is 4.79 Å². The molecule has 146 valence electrons. The molecule has 0 bridgehead atoms. The molecule has 4 aliphatic carbocycles. The number of ketones is 1. The van der Waals surface area contributed by atoms with Crippen molar-refractivity contribution < 1.29 is 4.79 Å². The Bertz CT molecular complexity index is 605. The van der Waals surface area contributed by atoms with Gasteiger partial charge in [-0.15, -0.1) is 6.58 Å². The molecule has 0 heterocycles. The molecule has 0 aromatic rings. The first-order chi connectivity index (χ1) is 12.2. The topological polar surface area (TPSA) is 17.1 Å². The lowest BCUT2D eigenvalue weighted by molar-refractivity contribution is -0.128. The van der Waals surface area contributed by atoms with Crippen molar-refractivity contribution in [2.45, 2.75) is 86.0 Å². The van der Waals surface area contributed by atoms with Crippen LogP contribution < -0.4 is 0 Å². The Morgan fingerprint density at radius 2 is 1.88 bits per heavy atom. The molecule has 0 N–H and O–H groups in total. The van der Waals surface area contributed by atoms with E-state index in [1.54, 1.807) is 0 Å². The van der Waals surface area contributed by atoms with E-state index in [-0.39, 0.29) is 5.41 Å². The quantitative estimate of drug-likeness (QED) is 0.514. The molecule has 0 amide bonds. The van der Waals surface area contributed by atoms with Gasteiger partial charge in [0.05, 0.1) is 0 Å². The van der Waals surface area contributed by atoms with E-state index in [1.807, 2.05) is 0 Å². The van der Waals surface area contributed by atoms with Crippen molar-refractivity contribution in [3.8, 4) is 0 Å². The maximum Gasteiger partial charge on any atom is 0.139 e. The Balaban J connectivity index is 1.66. The summed E-state index contributed by atoms with van der Waals surface area (Å²) in [5, 5.41) is 0. The molecular weight excluding hydrogens is 316 g/mol. The smallest absolute Gasteiger partial charge is 0.139 e. The average molecular weight is 357 g/mol. The van der Waals surface area contributed by atoms with E-state index in [1.165, 1.54) is 38.5 Å². The highest BCUT2D eigenvalue weighted by atomic mass is 16.1. The molecule has 4 saturated carbocycles. The lowest BCUT2D eigenvalue weighted by Gasteiger charge is -2.45. The van der Waals surface area contributed by atoms with Crippen LogP contribution in [0, 0.1) is 51.8 Å². The number of Topliss-reactive ketones (excluding diaryl/α,β-unsaturated/α-hetero) is 1. The molecule has 1 heteroatoms. The first-order valence-electron chi connectivity index (χ1n) is 11.4. The Hall–Kier alpha value is -0.590. The Morgan fingerprint density at radius 1 is 1.15 bits per heavy atom. The van der Waals surface area contributed by atoms with Gasteiger partial charge in [-0.2, -0.15) is 0 Å². The summed E-state index contributed by atoms with van der Waals surface area (Å²) in [4.78, 5) is 13.2. The minimum Gasteiger partial charge on any atom is -0.299 e. The summed E-state index contributed by atoms with van der Waals surface area (Å²) in [7, 11) is 0. The van der Waals surface area contributed by atoms with E-state index in [4.69, 9.17) is 0 Å². The van der Waals surface area contributed by atoms with Crippen LogP contribution >= 0.6 is 0 Å². The third-order valence-corrected chi connectivity index (χ3v) is 10.3. The van der Waals surface area contributed by atoms with E-state index in [2.05, 4.69) is 47.3 Å². The molecule has 0 aliphatic heterocycles. The molecule has 1 nitrogen and oxygen atoms in total. The van der Waals surface area contributed by atoms with Gasteiger partial charge in [0.1, 0.15) is 5.78 Å². The second-order valence-corrected chi connectivity index (χ2v) is 11.4. The molecule has 4 aliphatic rings. The van der Waals surface area contributed by atoms with Crippen LogP contribution in [0.1, 0.15) is 86.0 Å². The first kappa shape index (κ1) is 18.8. The molecule has 1 spiro atoms. The van der Waals surface area contributed by atoms with E-state index in [0.29, 0.717) is 28.4 Å². The highest BCUT2D eigenvalue weighted by Crippen LogP contribution is 2.75. The molecule has 4 rings (SSSR count). The molecule has 0 aromatic heterocycles. The second-order valence-electron chi connectivity index (χ2n) is 11.4. The fourth-order valence-corrected chi connectivity index (χ4v) is 8.87. The summed E-state index contributed by atoms with van der Waals surface area (Å²) in [6.07, 6.45) is 12.2. The zero-order valence-electron chi connectivity index (χ0n) is 17.8. The third-order valence-electron chi connectivity index (χ3n) is 10.3. The number of rotatable bonds is 4.